The van der Waals surface area contributed by atoms with Crippen molar-refractivity contribution in [1.29, 1.82) is 0 Å². The topological polar surface area (TPSA) is 56.0 Å². The highest BCUT2D eigenvalue weighted by Gasteiger charge is 2.13. The van der Waals surface area contributed by atoms with Gasteiger partial charge in [0, 0.05) is 23.2 Å². The Morgan fingerprint density at radius 1 is 1.37 bits per heavy atom. The maximum Gasteiger partial charge on any atom is 0.140 e. The number of Topliss-reactive ketones (excluding diaryl/α,β-unsaturated/α-hetero) is 1. The molecule has 0 saturated carbocycles. The van der Waals surface area contributed by atoms with Crippen LogP contribution >= 0.6 is 11.3 Å². The van der Waals surface area contributed by atoms with Gasteiger partial charge in [0.1, 0.15) is 10.8 Å². The molecule has 1 aromatic carbocycles. The molecule has 0 fully saturated rings. The highest BCUT2D eigenvalue weighted by atomic mass is 32.1. The van der Waals surface area contributed by atoms with Gasteiger partial charge in [-0.25, -0.2) is 4.98 Å². The molecule has 1 aromatic heterocycles. The van der Waals surface area contributed by atoms with Crippen LogP contribution in [-0.4, -0.2) is 10.8 Å². The fourth-order valence-corrected chi connectivity index (χ4v) is 2.81. The van der Waals surface area contributed by atoms with Crippen molar-refractivity contribution in [3.63, 3.8) is 0 Å². The Labute approximate surface area is 117 Å². The Kier molecular flexibility index (Phi) is 4.32. The van der Waals surface area contributed by atoms with E-state index in [0.717, 1.165) is 22.0 Å². The van der Waals surface area contributed by atoms with E-state index >= 15 is 0 Å². The summed E-state index contributed by atoms with van der Waals surface area (Å²) < 4.78 is 0. The first-order valence-corrected chi connectivity index (χ1v) is 7.20. The van der Waals surface area contributed by atoms with Crippen molar-refractivity contribution < 1.29 is 4.79 Å². The number of hydrogen-bond donors (Lipinski definition) is 1. The van der Waals surface area contributed by atoms with Crippen LogP contribution in [0.4, 0.5) is 5.69 Å². The van der Waals surface area contributed by atoms with Gasteiger partial charge in [-0.15, -0.1) is 11.3 Å². The van der Waals surface area contributed by atoms with Crippen LogP contribution < -0.4 is 5.73 Å². The van der Waals surface area contributed by atoms with Crippen molar-refractivity contribution in [3.05, 3.63) is 45.9 Å². The van der Waals surface area contributed by atoms with Gasteiger partial charge in [-0.05, 0) is 30.5 Å². The second-order valence-electron chi connectivity index (χ2n) is 4.87. The van der Waals surface area contributed by atoms with Gasteiger partial charge in [0.2, 0.25) is 0 Å². The number of carbonyl (C=O) groups excluding carboxylic acids is 1. The summed E-state index contributed by atoms with van der Waals surface area (Å²) in [7, 11) is 0. The molecule has 0 saturated heterocycles. The maximum absolute atomic E-state index is 12.0. The van der Waals surface area contributed by atoms with E-state index < -0.39 is 0 Å². The number of hydrogen-bond acceptors (Lipinski definition) is 4. The highest BCUT2D eigenvalue weighted by molar-refractivity contribution is 7.09. The highest BCUT2D eigenvalue weighted by Crippen LogP contribution is 2.21. The van der Waals surface area contributed by atoms with Crippen molar-refractivity contribution in [3.8, 4) is 0 Å². The van der Waals surface area contributed by atoms with Crippen molar-refractivity contribution in [2.45, 2.75) is 32.6 Å². The van der Waals surface area contributed by atoms with Crippen LogP contribution in [0.2, 0.25) is 0 Å². The standard InChI is InChI=1S/C15H18N2OS/c1-10(12-3-5-13(16)6-4-12)7-14(18)8-15-17-11(2)9-19-15/h3-6,9-10H,7-8,16H2,1-2H3. The van der Waals surface area contributed by atoms with E-state index in [0.29, 0.717) is 12.8 Å². The van der Waals surface area contributed by atoms with Crippen LogP contribution in [0, 0.1) is 6.92 Å². The molecule has 0 amide bonds. The molecule has 0 bridgehead atoms. The SMILES string of the molecule is Cc1csc(CC(=O)CC(C)c2ccc(N)cc2)n1. The zero-order valence-electron chi connectivity index (χ0n) is 11.2. The molecule has 1 unspecified atom stereocenters. The summed E-state index contributed by atoms with van der Waals surface area (Å²) in [5.74, 6) is 0.452. The number of nitrogens with two attached hydrogens (primary N) is 1. The van der Waals surface area contributed by atoms with Crippen LogP contribution in [0.25, 0.3) is 0 Å². The number of aromatic nitrogens is 1. The predicted molar refractivity (Wildman–Crippen MR) is 79.4 cm³/mol. The van der Waals surface area contributed by atoms with Crippen LogP contribution in [0.5, 0.6) is 0 Å². The smallest absolute Gasteiger partial charge is 0.140 e. The van der Waals surface area contributed by atoms with E-state index in [-0.39, 0.29) is 11.7 Å². The number of carbonyl (C=O) groups is 1. The third-order valence-electron chi connectivity index (χ3n) is 3.05. The van der Waals surface area contributed by atoms with E-state index in [4.69, 9.17) is 5.73 Å². The number of anilines is 1. The predicted octanol–water partition coefficient (Wildman–Crippen LogP) is 3.34. The molecule has 19 heavy (non-hydrogen) atoms. The van der Waals surface area contributed by atoms with Gasteiger partial charge in [-0.2, -0.15) is 0 Å². The third-order valence-corrected chi connectivity index (χ3v) is 4.02. The molecule has 0 aliphatic rings. The van der Waals surface area contributed by atoms with E-state index in [1.807, 2.05) is 36.6 Å². The summed E-state index contributed by atoms with van der Waals surface area (Å²) in [6, 6.07) is 7.72. The molecule has 3 nitrogen and oxygen atoms in total. The normalized spacial score (nSPS) is 12.3. The maximum atomic E-state index is 12.0. The number of nitrogen functional groups attached to an aromatic ring is 1. The van der Waals surface area contributed by atoms with Crippen LogP contribution in [0.3, 0.4) is 0 Å². The first-order chi connectivity index (χ1) is 9.04. The van der Waals surface area contributed by atoms with Gasteiger partial charge in [-0.3, -0.25) is 4.79 Å². The lowest BCUT2D eigenvalue weighted by Gasteiger charge is -2.10. The second-order valence-corrected chi connectivity index (χ2v) is 5.81. The summed E-state index contributed by atoms with van der Waals surface area (Å²) in [5, 5.41) is 2.89. The van der Waals surface area contributed by atoms with Gasteiger partial charge in [0.05, 0.1) is 6.42 Å². The Hall–Kier alpha value is -1.68. The molecule has 2 aromatic rings. The fourth-order valence-electron chi connectivity index (χ4n) is 2.01. The number of nitrogens with zero attached hydrogens (tertiary/aromatic N) is 1. The minimum atomic E-state index is 0.217. The van der Waals surface area contributed by atoms with Crippen molar-refractivity contribution >= 4 is 22.8 Å². The number of rotatable bonds is 5. The van der Waals surface area contributed by atoms with E-state index in [2.05, 4.69) is 11.9 Å². The zero-order chi connectivity index (χ0) is 13.8. The minimum absolute atomic E-state index is 0.217. The summed E-state index contributed by atoms with van der Waals surface area (Å²) in [6.45, 7) is 4.01. The summed E-state index contributed by atoms with van der Waals surface area (Å²) in [4.78, 5) is 16.3. The monoisotopic (exact) mass is 274 g/mol. The molecular weight excluding hydrogens is 256 g/mol. The first-order valence-electron chi connectivity index (χ1n) is 6.32. The second kappa shape index (κ2) is 5.97. The van der Waals surface area contributed by atoms with E-state index in [1.165, 1.54) is 0 Å². The molecular formula is C15H18N2OS. The molecule has 0 spiro atoms. The van der Waals surface area contributed by atoms with Gasteiger partial charge in [-0.1, -0.05) is 19.1 Å². The Bertz CT molecular complexity index is 560. The minimum Gasteiger partial charge on any atom is -0.399 e. The van der Waals surface area contributed by atoms with Gasteiger partial charge in [0.25, 0.3) is 0 Å². The quantitative estimate of drug-likeness (QED) is 0.851. The lowest BCUT2D eigenvalue weighted by atomic mass is 9.95. The van der Waals surface area contributed by atoms with E-state index in [1.54, 1.807) is 11.3 Å². The Morgan fingerprint density at radius 3 is 2.63 bits per heavy atom. The Morgan fingerprint density at radius 2 is 2.05 bits per heavy atom. The van der Waals surface area contributed by atoms with Gasteiger partial charge >= 0.3 is 0 Å². The third kappa shape index (κ3) is 3.89. The molecule has 2 rings (SSSR count). The van der Waals surface area contributed by atoms with Crippen LogP contribution in [0.1, 0.15) is 35.5 Å². The molecule has 0 aliphatic heterocycles. The molecule has 0 aliphatic carbocycles. The fraction of sp³-hybridized carbons (Fsp3) is 0.333. The largest absolute Gasteiger partial charge is 0.399 e. The van der Waals surface area contributed by atoms with E-state index in [9.17, 15) is 4.79 Å². The first kappa shape index (κ1) is 13.7. The van der Waals surface area contributed by atoms with Crippen LogP contribution in [0.15, 0.2) is 29.6 Å². The zero-order valence-corrected chi connectivity index (χ0v) is 12.0. The number of thiazole rings is 1. The molecule has 0 radical (unpaired) electrons. The summed E-state index contributed by atoms with van der Waals surface area (Å²) >= 11 is 1.55. The Balaban J connectivity index is 1.93. The number of ketones is 1. The average molecular weight is 274 g/mol. The molecule has 1 heterocycles. The molecule has 100 valence electrons. The molecule has 2 N–H and O–H groups in total. The lowest BCUT2D eigenvalue weighted by molar-refractivity contribution is -0.118. The lowest BCUT2D eigenvalue weighted by Crippen LogP contribution is -2.07. The summed E-state index contributed by atoms with van der Waals surface area (Å²) in [5.41, 5.74) is 8.55. The van der Waals surface area contributed by atoms with Crippen molar-refractivity contribution in [2.24, 2.45) is 0 Å². The van der Waals surface area contributed by atoms with Gasteiger partial charge < -0.3 is 5.73 Å². The number of aryl methyl sites for hydroxylation is 1. The average Bonchev–Trinajstić information content (AvgIpc) is 2.75. The molecule has 1 atom stereocenters. The van der Waals surface area contributed by atoms with Gasteiger partial charge in [0.15, 0.2) is 0 Å². The van der Waals surface area contributed by atoms with Crippen LogP contribution in [-0.2, 0) is 11.2 Å². The summed E-state index contributed by atoms with van der Waals surface area (Å²) in [6.07, 6.45) is 0.986. The van der Waals surface area contributed by atoms with Crippen molar-refractivity contribution in [1.82, 2.24) is 4.98 Å². The number of benzene rings is 1. The van der Waals surface area contributed by atoms with Crippen molar-refractivity contribution in [2.75, 3.05) is 5.73 Å². The molecule has 4 heteroatoms.